The Morgan fingerprint density at radius 2 is 2.24 bits per heavy atom. The number of halogens is 3. The summed E-state index contributed by atoms with van der Waals surface area (Å²) in [7, 11) is 0. The van der Waals surface area contributed by atoms with E-state index in [0.29, 0.717) is 17.5 Å². The molecule has 2 N–H and O–H groups in total. The highest BCUT2D eigenvalue weighted by molar-refractivity contribution is 6.31. The lowest BCUT2D eigenvalue weighted by Gasteiger charge is -2.16. The first-order chi connectivity index (χ1) is 7.69. The standard InChI is InChI=1S/C12H16ClFN2.ClH/c13-12-2-1-11(14)5-10(12)8-16-4-3-9(6-15)7-16;/h1-2,5,9H,3-4,6-8,15H2;1H. The lowest BCUT2D eigenvalue weighted by atomic mass is 10.1. The Bertz CT molecular complexity index is 374. The van der Waals surface area contributed by atoms with Gasteiger partial charge in [-0.3, -0.25) is 4.90 Å². The van der Waals surface area contributed by atoms with Crippen LogP contribution in [0, 0.1) is 11.7 Å². The normalized spacial score (nSPS) is 20.3. The lowest BCUT2D eigenvalue weighted by Crippen LogP contribution is -2.23. The Balaban J connectivity index is 0.00000144. The lowest BCUT2D eigenvalue weighted by molar-refractivity contribution is 0.317. The van der Waals surface area contributed by atoms with Crippen LogP contribution >= 0.6 is 24.0 Å². The number of hydrogen-bond donors (Lipinski definition) is 1. The molecule has 5 heteroatoms. The molecule has 2 rings (SSSR count). The first kappa shape index (κ1) is 14.7. The number of nitrogens with zero attached hydrogens (tertiary/aromatic N) is 1. The maximum Gasteiger partial charge on any atom is 0.123 e. The van der Waals surface area contributed by atoms with Crippen molar-refractivity contribution < 1.29 is 4.39 Å². The van der Waals surface area contributed by atoms with Gasteiger partial charge in [0.2, 0.25) is 0 Å². The third-order valence-corrected chi connectivity index (χ3v) is 3.47. The van der Waals surface area contributed by atoms with Crippen molar-refractivity contribution in [2.75, 3.05) is 19.6 Å². The Kier molecular flexibility index (Phi) is 5.67. The van der Waals surface area contributed by atoms with Gasteiger partial charge in [-0.05, 0) is 49.2 Å². The quantitative estimate of drug-likeness (QED) is 0.921. The maximum atomic E-state index is 13.1. The number of likely N-dealkylation sites (tertiary alicyclic amines) is 1. The van der Waals surface area contributed by atoms with Crippen molar-refractivity contribution in [3.8, 4) is 0 Å². The summed E-state index contributed by atoms with van der Waals surface area (Å²) in [5, 5.41) is 0.637. The average Bonchev–Trinajstić information content (AvgIpc) is 2.71. The smallest absolute Gasteiger partial charge is 0.123 e. The number of hydrogen-bond acceptors (Lipinski definition) is 2. The summed E-state index contributed by atoms with van der Waals surface area (Å²) >= 11 is 6.03. The molecule has 17 heavy (non-hydrogen) atoms. The van der Waals surface area contributed by atoms with Crippen LogP contribution in [0.2, 0.25) is 5.02 Å². The minimum absolute atomic E-state index is 0. The molecule has 1 aromatic carbocycles. The zero-order valence-corrected chi connectivity index (χ0v) is 11.1. The highest BCUT2D eigenvalue weighted by Crippen LogP contribution is 2.22. The van der Waals surface area contributed by atoms with Crippen LogP contribution in [-0.2, 0) is 6.54 Å². The topological polar surface area (TPSA) is 29.3 Å². The van der Waals surface area contributed by atoms with Crippen LogP contribution in [0.5, 0.6) is 0 Å². The number of nitrogens with two attached hydrogens (primary N) is 1. The summed E-state index contributed by atoms with van der Waals surface area (Å²) in [6.45, 7) is 3.46. The molecule has 1 saturated heterocycles. The second-order valence-corrected chi connectivity index (χ2v) is 4.77. The van der Waals surface area contributed by atoms with E-state index in [4.69, 9.17) is 17.3 Å². The first-order valence-electron chi connectivity index (χ1n) is 5.55. The van der Waals surface area contributed by atoms with Gasteiger partial charge in [0.1, 0.15) is 5.82 Å². The first-order valence-corrected chi connectivity index (χ1v) is 5.93. The Morgan fingerprint density at radius 3 is 2.88 bits per heavy atom. The average molecular weight is 279 g/mol. The molecule has 96 valence electrons. The summed E-state index contributed by atoms with van der Waals surface area (Å²) in [4.78, 5) is 2.28. The van der Waals surface area contributed by atoms with Crippen LogP contribution in [0.3, 0.4) is 0 Å². The SMILES string of the molecule is Cl.NCC1CCN(Cc2cc(F)ccc2Cl)C1. The molecule has 2 nitrogen and oxygen atoms in total. The molecule has 0 radical (unpaired) electrons. The zero-order chi connectivity index (χ0) is 11.5. The Morgan fingerprint density at radius 1 is 1.47 bits per heavy atom. The molecule has 1 fully saturated rings. The van der Waals surface area contributed by atoms with Crippen molar-refractivity contribution in [3.63, 3.8) is 0 Å². The van der Waals surface area contributed by atoms with E-state index < -0.39 is 0 Å². The van der Waals surface area contributed by atoms with E-state index in [2.05, 4.69) is 4.90 Å². The highest BCUT2D eigenvalue weighted by atomic mass is 35.5. The van der Waals surface area contributed by atoms with Gasteiger partial charge < -0.3 is 5.73 Å². The molecule has 0 saturated carbocycles. The summed E-state index contributed by atoms with van der Waals surface area (Å²) in [5.41, 5.74) is 6.49. The number of benzene rings is 1. The third-order valence-electron chi connectivity index (χ3n) is 3.11. The van der Waals surface area contributed by atoms with E-state index in [1.54, 1.807) is 6.07 Å². The molecular weight excluding hydrogens is 262 g/mol. The summed E-state index contributed by atoms with van der Waals surface area (Å²) in [5.74, 6) is 0.348. The highest BCUT2D eigenvalue weighted by Gasteiger charge is 2.21. The second kappa shape index (κ2) is 6.55. The minimum Gasteiger partial charge on any atom is -0.330 e. The summed E-state index contributed by atoms with van der Waals surface area (Å²) in [6.07, 6.45) is 1.13. The largest absolute Gasteiger partial charge is 0.330 e. The van der Waals surface area contributed by atoms with Crippen molar-refractivity contribution in [1.29, 1.82) is 0 Å². The van der Waals surface area contributed by atoms with Crippen molar-refractivity contribution >= 4 is 24.0 Å². The monoisotopic (exact) mass is 278 g/mol. The van der Waals surface area contributed by atoms with E-state index in [9.17, 15) is 4.39 Å². The Labute approximate surface area is 112 Å². The van der Waals surface area contributed by atoms with Gasteiger partial charge in [0.15, 0.2) is 0 Å². The van der Waals surface area contributed by atoms with Gasteiger partial charge in [-0.2, -0.15) is 0 Å². The van der Waals surface area contributed by atoms with Gasteiger partial charge >= 0.3 is 0 Å². The van der Waals surface area contributed by atoms with Crippen LogP contribution in [0.4, 0.5) is 4.39 Å². The molecule has 1 heterocycles. The molecule has 1 aromatic rings. The molecule has 1 aliphatic heterocycles. The predicted molar refractivity (Wildman–Crippen MR) is 71.1 cm³/mol. The van der Waals surface area contributed by atoms with Crippen molar-refractivity contribution in [2.24, 2.45) is 11.7 Å². The molecule has 0 amide bonds. The fraction of sp³-hybridized carbons (Fsp3) is 0.500. The fourth-order valence-corrected chi connectivity index (χ4v) is 2.33. The van der Waals surface area contributed by atoms with Crippen molar-refractivity contribution in [1.82, 2.24) is 4.90 Å². The third kappa shape index (κ3) is 3.81. The second-order valence-electron chi connectivity index (χ2n) is 4.36. The van der Waals surface area contributed by atoms with Gasteiger partial charge in [0.05, 0.1) is 0 Å². The number of rotatable bonds is 3. The molecule has 1 aliphatic rings. The predicted octanol–water partition coefficient (Wildman–Crippen LogP) is 2.68. The van der Waals surface area contributed by atoms with Gasteiger partial charge in [0.25, 0.3) is 0 Å². The molecule has 0 bridgehead atoms. The van der Waals surface area contributed by atoms with Crippen LogP contribution < -0.4 is 5.73 Å². The molecular formula is C12H17Cl2FN2. The van der Waals surface area contributed by atoms with Crippen LogP contribution in [0.15, 0.2) is 18.2 Å². The molecule has 0 spiro atoms. The van der Waals surface area contributed by atoms with Crippen LogP contribution in [0.25, 0.3) is 0 Å². The van der Waals surface area contributed by atoms with E-state index in [-0.39, 0.29) is 18.2 Å². The van der Waals surface area contributed by atoms with Crippen molar-refractivity contribution in [3.05, 3.63) is 34.6 Å². The maximum absolute atomic E-state index is 13.1. The van der Waals surface area contributed by atoms with E-state index in [1.165, 1.54) is 12.1 Å². The Hall–Kier alpha value is -0.350. The van der Waals surface area contributed by atoms with Gasteiger partial charge in [0, 0.05) is 18.1 Å². The molecule has 0 aliphatic carbocycles. The van der Waals surface area contributed by atoms with Crippen LogP contribution in [-0.4, -0.2) is 24.5 Å². The molecule has 0 aromatic heterocycles. The molecule has 1 unspecified atom stereocenters. The van der Waals surface area contributed by atoms with Crippen molar-refractivity contribution in [2.45, 2.75) is 13.0 Å². The van der Waals surface area contributed by atoms with E-state index in [0.717, 1.165) is 31.6 Å². The fourth-order valence-electron chi connectivity index (χ4n) is 2.15. The minimum atomic E-state index is -0.228. The van der Waals surface area contributed by atoms with E-state index in [1.807, 2.05) is 0 Å². The van der Waals surface area contributed by atoms with Gasteiger partial charge in [-0.15, -0.1) is 12.4 Å². The summed E-state index contributed by atoms with van der Waals surface area (Å²) < 4.78 is 13.1. The zero-order valence-electron chi connectivity index (χ0n) is 9.53. The summed E-state index contributed by atoms with van der Waals surface area (Å²) in [6, 6.07) is 4.51. The van der Waals surface area contributed by atoms with Gasteiger partial charge in [-0.25, -0.2) is 4.39 Å². The van der Waals surface area contributed by atoms with Gasteiger partial charge in [-0.1, -0.05) is 11.6 Å². The van der Waals surface area contributed by atoms with E-state index >= 15 is 0 Å². The molecule has 1 atom stereocenters. The van der Waals surface area contributed by atoms with Crippen LogP contribution in [0.1, 0.15) is 12.0 Å².